The van der Waals surface area contributed by atoms with Crippen molar-refractivity contribution in [3.8, 4) is 0 Å². The number of nitrogens with two attached hydrogens (primary N) is 1. The molecule has 0 amide bonds. The summed E-state index contributed by atoms with van der Waals surface area (Å²) in [7, 11) is 1.97. The summed E-state index contributed by atoms with van der Waals surface area (Å²) in [5, 5.41) is 0. The molecule has 6 heteroatoms. The van der Waals surface area contributed by atoms with E-state index in [4.69, 9.17) is 5.84 Å². The van der Waals surface area contributed by atoms with Gasteiger partial charge in [-0.2, -0.15) is 0 Å². The number of thiophene rings is 1. The van der Waals surface area contributed by atoms with Crippen molar-refractivity contribution in [1.29, 1.82) is 0 Å². The van der Waals surface area contributed by atoms with Gasteiger partial charge in [0.2, 0.25) is 0 Å². The molecule has 0 saturated heterocycles. The Bertz CT molecular complexity index is 465. The van der Waals surface area contributed by atoms with Crippen LogP contribution in [-0.4, -0.2) is 9.55 Å². The van der Waals surface area contributed by atoms with E-state index in [0.717, 1.165) is 16.0 Å². The molecule has 2 aromatic heterocycles. The summed E-state index contributed by atoms with van der Waals surface area (Å²) in [5.41, 5.74) is 2.81. The van der Waals surface area contributed by atoms with Crippen LogP contribution in [0.4, 0.5) is 0 Å². The number of hydrazine groups is 1. The highest BCUT2D eigenvalue weighted by Crippen LogP contribution is 2.26. The van der Waals surface area contributed by atoms with Crippen molar-refractivity contribution < 1.29 is 0 Å². The predicted molar refractivity (Wildman–Crippen MR) is 69.0 cm³/mol. The number of halogens is 1. The fraction of sp³-hybridized carbons (Fsp3) is 0.300. The van der Waals surface area contributed by atoms with Crippen LogP contribution in [0.5, 0.6) is 0 Å². The molecule has 0 aliphatic carbocycles. The number of hydrogen-bond donors (Lipinski definition) is 2. The second kappa shape index (κ2) is 5.09. The Labute approximate surface area is 107 Å². The molecule has 2 aromatic rings. The van der Waals surface area contributed by atoms with E-state index < -0.39 is 0 Å². The van der Waals surface area contributed by atoms with Crippen molar-refractivity contribution in [2.75, 3.05) is 0 Å². The van der Waals surface area contributed by atoms with Gasteiger partial charge in [0.1, 0.15) is 5.82 Å². The number of nitrogens with zero attached hydrogens (tertiary/aromatic N) is 2. The van der Waals surface area contributed by atoms with Gasteiger partial charge < -0.3 is 4.57 Å². The van der Waals surface area contributed by atoms with Gasteiger partial charge in [-0.15, -0.1) is 11.3 Å². The molecule has 0 saturated carbocycles. The molecule has 0 aliphatic rings. The molecule has 0 fully saturated rings. The summed E-state index contributed by atoms with van der Waals surface area (Å²) in [6.45, 7) is 0. The van der Waals surface area contributed by atoms with E-state index in [1.807, 2.05) is 23.9 Å². The van der Waals surface area contributed by atoms with Crippen LogP contribution < -0.4 is 11.3 Å². The third kappa shape index (κ3) is 2.52. The molecule has 4 nitrogen and oxygen atoms in total. The quantitative estimate of drug-likeness (QED) is 0.671. The van der Waals surface area contributed by atoms with Crippen LogP contribution in [-0.2, 0) is 13.5 Å². The minimum atomic E-state index is 0.0468. The van der Waals surface area contributed by atoms with Crippen LogP contribution in [0.3, 0.4) is 0 Å². The maximum absolute atomic E-state index is 5.58. The normalized spacial score (nSPS) is 12.9. The Hall–Kier alpha value is -0.690. The largest absolute Gasteiger partial charge is 0.337 e. The summed E-state index contributed by atoms with van der Waals surface area (Å²) < 4.78 is 3.12. The lowest BCUT2D eigenvalue weighted by Crippen LogP contribution is -2.31. The highest BCUT2D eigenvalue weighted by Gasteiger charge is 2.15. The van der Waals surface area contributed by atoms with E-state index in [-0.39, 0.29) is 6.04 Å². The summed E-state index contributed by atoms with van der Waals surface area (Å²) >= 11 is 5.17. The molecular formula is C10H13BrN4S. The first-order valence-electron chi connectivity index (χ1n) is 4.88. The lowest BCUT2D eigenvalue weighted by Gasteiger charge is -2.14. The monoisotopic (exact) mass is 300 g/mol. The van der Waals surface area contributed by atoms with Gasteiger partial charge in [-0.3, -0.25) is 5.84 Å². The SMILES string of the molecule is Cn1ccnc1C(Cc1ccc(Br)s1)NN. The van der Waals surface area contributed by atoms with Crippen molar-refractivity contribution in [1.82, 2.24) is 15.0 Å². The number of hydrogen-bond acceptors (Lipinski definition) is 4. The Morgan fingerprint density at radius 1 is 1.62 bits per heavy atom. The molecule has 3 N–H and O–H groups in total. The molecule has 0 spiro atoms. The number of imidazole rings is 1. The first-order valence-corrected chi connectivity index (χ1v) is 6.49. The van der Waals surface area contributed by atoms with E-state index in [1.54, 1.807) is 17.5 Å². The third-order valence-corrected chi connectivity index (χ3v) is 4.05. The smallest absolute Gasteiger partial charge is 0.127 e. The molecule has 0 bridgehead atoms. The van der Waals surface area contributed by atoms with Gasteiger partial charge in [-0.25, -0.2) is 10.4 Å². The molecule has 16 heavy (non-hydrogen) atoms. The van der Waals surface area contributed by atoms with Crippen LogP contribution in [0.15, 0.2) is 28.3 Å². The van der Waals surface area contributed by atoms with Crippen molar-refractivity contribution in [3.63, 3.8) is 0 Å². The van der Waals surface area contributed by atoms with Crippen molar-refractivity contribution in [3.05, 3.63) is 39.0 Å². The maximum atomic E-state index is 5.58. The van der Waals surface area contributed by atoms with Gasteiger partial charge in [0.25, 0.3) is 0 Å². The lowest BCUT2D eigenvalue weighted by atomic mass is 10.2. The molecule has 86 valence electrons. The second-order valence-electron chi connectivity index (χ2n) is 3.53. The Balaban J connectivity index is 2.15. The van der Waals surface area contributed by atoms with Gasteiger partial charge >= 0.3 is 0 Å². The predicted octanol–water partition coefficient (Wildman–Crippen LogP) is 1.99. The first-order chi connectivity index (χ1) is 7.70. The fourth-order valence-corrected chi connectivity index (χ4v) is 3.13. The summed E-state index contributed by atoms with van der Waals surface area (Å²) in [6.07, 6.45) is 4.55. The molecule has 0 radical (unpaired) electrons. The average Bonchev–Trinajstić information content (AvgIpc) is 2.84. The number of aryl methyl sites for hydroxylation is 1. The summed E-state index contributed by atoms with van der Waals surface area (Å²) in [6, 6.07) is 4.19. The second-order valence-corrected chi connectivity index (χ2v) is 6.07. The highest BCUT2D eigenvalue weighted by molar-refractivity contribution is 9.11. The molecule has 0 aliphatic heterocycles. The highest BCUT2D eigenvalue weighted by atomic mass is 79.9. The van der Waals surface area contributed by atoms with Gasteiger partial charge in [0.15, 0.2) is 0 Å². The van der Waals surface area contributed by atoms with Crippen molar-refractivity contribution >= 4 is 27.3 Å². The zero-order chi connectivity index (χ0) is 11.5. The van der Waals surface area contributed by atoms with Crippen molar-refractivity contribution in [2.24, 2.45) is 12.9 Å². The van der Waals surface area contributed by atoms with Crippen LogP contribution >= 0.6 is 27.3 Å². The van der Waals surface area contributed by atoms with E-state index in [9.17, 15) is 0 Å². The van der Waals surface area contributed by atoms with Gasteiger partial charge in [-0.05, 0) is 28.1 Å². The first kappa shape index (κ1) is 11.8. The minimum Gasteiger partial charge on any atom is -0.337 e. The zero-order valence-corrected chi connectivity index (χ0v) is 11.3. The van der Waals surface area contributed by atoms with Crippen molar-refractivity contribution in [2.45, 2.75) is 12.5 Å². The zero-order valence-electron chi connectivity index (χ0n) is 8.85. The summed E-state index contributed by atoms with van der Waals surface area (Å²) in [4.78, 5) is 5.58. The standard InChI is InChI=1S/C10H13BrN4S/c1-15-5-4-13-10(15)8(14-12)6-7-2-3-9(11)16-7/h2-5,8,14H,6,12H2,1H3. The van der Waals surface area contributed by atoms with Crippen LogP contribution in [0.2, 0.25) is 0 Å². The van der Waals surface area contributed by atoms with E-state index in [2.05, 4.69) is 32.4 Å². The van der Waals surface area contributed by atoms with E-state index >= 15 is 0 Å². The Morgan fingerprint density at radius 2 is 2.44 bits per heavy atom. The molecule has 1 atom stereocenters. The van der Waals surface area contributed by atoms with E-state index in [1.165, 1.54) is 4.88 Å². The molecular weight excluding hydrogens is 288 g/mol. The summed E-state index contributed by atoms with van der Waals surface area (Å²) in [5.74, 6) is 6.53. The van der Waals surface area contributed by atoms with Gasteiger partial charge in [0, 0.05) is 30.7 Å². The fourth-order valence-electron chi connectivity index (χ4n) is 1.60. The Morgan fingerprint density at radius 3 is 2.94 bits per heavy atom. The lowest BCUT2D eigenvalue weighted by molar-refractivity contribution is 0.510. The van der Waals surface area contributed by atoms with Crippen LogP contribution in [0.1, 0.15) is 16.7 Å². The van der Waals surface area contributed by atoms with Crippen LogP contribution in [0.25, 0.3) is 0 Å². The van der Waals surface area contributed by atoms with Gasteiger partial charge in [0.05, 0.1) is 9.83 Å². The molecule has 0 aromatic carbocycles. The third-order valence-electron chi connectivity index (χ3n) is 2.41. The number of aromatic nitrogens is 2. The number of nitrogens with one attached hydrogen (secondary N) is 1. The topological polar surface area (TPSA) is 55.9 Å². The minimum absolute atomic E-state index is 0.0468. The molecule has 2 rings (SSSR count). The molecule has 1 unspecified atom stereocenters. The maximum Gasteiger partial charge on any atom is 0.127 e. The van der Waals surface area contributed by atoms with E-state index in [0.29, 0.717) is 0 Å². The number of rotatable bonds is 4. The Kier molecular flexibility index (Phi) is 3.75. The average molecular weight is 301 g/mol. The van der Waals surface area contributed by atoms with Crippen LogP contribution in [0, 0.1) is 0 Å². The van der Waals surface area contributed by atoms with Gasteiger partial charge in [-0.1, -0.05) is 0 Å². The molecule has 2 heterocycles.